The Balaban J connectivity index is 1.54. The lowest BCUT2D eigenvalue weighted by Gasteiger charge is -2.29. The molecule has 0 radical (unpaired) electrons. The molecule has 0 aliphatic carbocycles. The van der Waals surface area contributed by atoms with Gasteiger partial charge in [0.15, 0.2) is 5.82 Å². The first-order valence-corrected chi connectivity index (χ1v) is 11.0. The Hall–Kier alpha value is -3.88. The molecule has 1 unspecified atom stereocenters. The Morgan fingerprint density at radius 1 is 1.12 bits per heavy atom. The van der Waals surface area contributed by atoms with Gasteiger partial charge in [0, 0.05) is 24.3 Å². The number of nitrogens with one attached hydrogen (secondary N) is 1. The minimum Gasteiger partial charge on any atom is -0.494 e. The van der Waals surface area contributed by atoms with Crippen molar-refractivity contribution in [1.29, 1.82) is 0 Å². The zero-order valence-corrected chi connectivity index (χ0v) is 18.7. The summed E-state index contributed by atoms with van der Waals surface area (Å²) in [5, 5.41) is 6.82. The van der Waals surface area contributed by atoms with E-state index in [1.165, 1.54) is 0 Å². The van der Waals surface area contributed by atoms with Gasteiger partial charge in [-0.15, -0.1) is 0 Å². The van der Waals surface area contributed by atoms with Crippen LogP contribution in [0.15, 0.2) is 59.1 Å². The van der Waals surface area contributed by atoms with Gasteiger partial charge >= 0.3 is 6.03 Å². The van der Waals surface area contributed by atoms with Crippen molar-refractivity contribution >= 4 is 17.6 Å². The van der Waals surface area contributed by atoms with Gasteiger partial charge in [-0.3, -0.25) is 4.79 Å². The molecule has 33 heavy (non-hydrogen) atoms. The molecule has 1 atom stereocenters. The third-order valence-electron chi connectivity index (χ3n) is 5.41. The lowest BCUT2D eigenvalue weighted by Crippen LogP contribution is -2.41. The number of aromatic nitrogens is 2. The summed E-state index contributed by atoms with van der Waals surface area (Å²) in [6.07, 6.45) is 0.624. The summed E-state index contributed by atoms with van der Waals surface area (Å²) in [6, 6.07) is 15.5. The second-order valence-electron chi connectivity index (χ2n) is 7.75. The van der Waals surface area contributed by atoms with E-state index in [9.17, 15) is 9.59 Å². The van der Waals surface area contributed by atoms with Crippen LogP contribution in [0.2, 0.25) is 0 Å². The molecule has 2 heterocycles. The molecule has 172 valence electrons. The number of rotatable bonds is 5. The molecule has 1 N–H and O–H groups in total. The van der Waals surface area contributed by atoms with Crippen LogP contribution in [0, 0.1) is 6.92 Å². The highest BCUT2D eigenvalue weighted by molar-refractivity contribution is 5.94. The van der Waals surface area contributed by atoms with Crippen molar-refractivity contribution in [2.24, 2.45) is 0 Å². The summed E-state index contributed by atoms with van der Waals surface area (Å²) in [6.45, 7) is 5.42. The molecule has 1 fully saturated rings. The number of carbonyl (C=O) groups is 2. The lowest BCUT2D eigenvalue weighted by atomic mass is 10.1. The van der Waals surface area contributed by atoms with Crippen LogP contribution in [0.1, 0.15) is 41.5 Å². The van der Waals surface area contributed by atoms with E-state index in [1.807, 2.05) is 37.3 Å². The Morgan fingerprint density at radius 2 is 1.88 bits per heavy atom. The van der Waals surface area contributed by atoms with Crippen LogP contribution in [0.4, 0.5) is 10.5 Å². The molecule has 1 aliphatic heterocycles. The fourth-order valence-electron chi connectivity index (χ4n) is 3.82. The van der Waals surface area contributed by atoms with Gasteiger partial charge in [0.25, 0.3) is 11.8 Å². The normalized spacial score (nSPS) is 16.2. The smallest absolute Gasteiger partial charge is 0.321 e. The highest BCUT2D eigenvalue weighted by Crippen LogP contribution is 2.27. The average molecular weight is 450 g/mol. The lowest BCUT2D eigenvalue weighted by molar-refractivity contribution is 0.0641. The summed E-state index contributed by atoms with van der Waals surface area (Å²) in [4.78, 5) is 34.1. The summed E-state index contributed by atoms with van der Waals surface area (Å²) in [5.74, 6) is 1.40. The van der Waals surface area contributed by atoms with Crippen LogP contribution in [-0.2, 0) is 0 Å². The molecule has 4 rings (SSSR count). The van der Waals surface area contributed by atoms with Crippen molar-refractivity contribution in [2.45, 2.75) is 26.3 Å². The molecule has 0 spiro atoms. The molecule has 9 heteroatoms. The van der Waals surface area contributed by atoms with Crippen molar-refractivity contribution in [3.63, 3.8) is 0 Å². The highest BCUT2D eigenvalue weighted by Gasteiger charge is 2.35. The van der Waals surface area contributed by atoms with Gasteiger partial charge < -0.3 is 24.4 Å². The van der Waals surface area contributed by atoms with E-state index in [0.29, 0.717) is 49.1 Å². The first-order chi connectivity index (χ1) is 16.0. The standard InChI is InChI=1S/C24H27N5O4/c1-3-32-20-12-10-19(11-13-20)26-24(31)28-14-7-15-29(23(30)18-8-5-4-6-9-18)21(16-28)22-25-17(2)27-33-22/h4-6,8-13,21H,3,7,14-16H2,1-2H3,(H,26,31). The third kappa shape index (κ3) is 5.31. The fraction of sp³-hybridized carbons (Fsp3) is 0.333. The van der Waals surface area contributed by atoms with Crippen LogP contribution in [-0.4, -0.2) is 58.1 Å². The van der Waals surface area contributed by atoms with E-state index in [1.54, 1.807) is 41.0 Å². The maximum Gasteiger partial charge on any atom is 0.321 e. The van der Waals surface area contributed by atoms with E-state index in [2.05, 4.69) is 15.5 Å². The Bertz CT molecular complexity index is 1080. The number of hydrogen-bond acceptors (Lipinski definition) is 6. The van der Waals surface area contributed by atoms with Crippen LogP contribution >= 0.6 is 0 Å². The Kier molecular flexibility index (Phi) is 6.87. The molecule has 2 aromatic carbocycles. The third-order valence-corrected chi connectivity index (χ3v) is 5.41. The summed E-state index contributed by atoms with van der Waals surface area (Å²) >= 11 is 0. The van der Waals surface area contributed by atoms with Gasteiger partial charge in [-0.1, -0.05) is 23.4 Å². The average Bonchev–Trinajstić information content (AvgIpc) is 3.14. The van der Waals surface area contributed by atoms with Gasteiger partial charge in [-0.2, -0.15) is 4.98 Å². The maximum atomic E-state index is 13.3. The number of amides is 3. The molecule has 3 amide bonds. The van der Waals surface area contributed by atoms with E-state index in [4.69, 9.17) is 9.26 Å². The quantitative estimate of drug-likeness (QED) is 0.634. The zero-order valence-electron chi connectivity index (χ0n) is 18.7. The summed E-state index contributed by atoms with van der Waals surface area (Å²) < 4.78 is 10.9. The van der Waals surface area contributed by atoms with E-state index >= 15 is 0 Å². The van der Waals surface area contributed by atoms with Crippen LogP contribution in [0.25, 0.3) is 0 Å². The zero-order chi connectivity index (χ0) is 23.2. The summed E-state index contributed by atoms with van der Waals surface area (Å²) in [5.41, 5.74) is 1.24. The molecule has 3 aromatic rings. The Labute approximate surface area is 192 Å². The number of anilines is 1. The Morgan fingerprint density at radius 3 is 2.55 bits per heavy atom. The van der Waals surface area contributed by atoms with Crippen molar-refractivity contribution in [2.75, 3.05) is 31.6 Å². The van der Waals surface area contributed by atoms with Gasteiger partial charge in [0.1, 0.15) is 11.8 Å². The number of urea groups is 1. The van der Waals surface area contributed by atoms with Gasteiger partial charge in [0.2, 0.25) is 0 Å². The van der Waals surface area contributed by atoms with Crippen molar-refractivity contribution in [3.05, 3.63) is 71.9 Å². The number of nitrogens with zero attached hydrogens (tertiary/aromatic N) is 4. The van der Waals surface area contributed by atoms with Crippen molar-refractivity contribution < 1.29 is 18.8 Å². The van der Waals surface area contributed by atoms with Gasteiger partial charge in [-0.25, -0.2) is 4.79 Å². The van der Waals surface area contributed by atoms with Crippen LogP contribution in [0.5, 0.6) is 5.75 Å². The summed E-state index contributed by atoms with van der Waals surface area (Å²) in [7, 11) is 0. The molecular weight excluding hydrogens is 422 g/mol. The minimum atomic E-state index is -0.549. The van der Waals surface area contributed by atoms with Crippen molar-refractivity contribution in [1.82, 2.24) is 19.9 Å². The largest absolute Gasteiger partial charge is 0.494 e. The number of aryl methyl sites for hydroxylation is 1. The van der Waals surface area contributed by atoms with Crippen molar-refractivity contribution in [3.8, 4) is 5.75 Å². The fourth-order valence-corrected chi connectivity index (χ4v) is 3.82. The second kappa shape index (κ2) is 10.2. The van der Waals surface area contributed by atoms with Gasteiger partial charge in [-0.05, 0) is 56.7 Å². The number of hydrogen-bond donors (Lipinski definition) is 1. The molecule has 0 saturated carbocycles. The molecule has 1 saturated heterocycles. The second-order valence-corrected chi connectivity index (χ2v) is 7.75. The topological polar surface area (TPSA) is 101 Å². The number of carbonyl (C=O) groups excluding carboxylic acids is 2. The molecule has 1 aromatic heterocycles. The van der Waals surface area contributed by atoms with Crippen LogP contribution in [0.3, 0.4) is 0 Å². The van der Waals surface area contributed by atoms with E-state index in [0.717, 1.165) is 5.75 Å². The SMILES string of the molecule is CCOc1ccc(NC(=O)N2CCCN(C(=O)c3ccccc3)C(c3nc(C)no3)C2)cc1. The first-order valence-electron chi connectivity index (χ1n) is 11.0. The van der Waals surface area contributed by atoms with E-state index < -0.39 is 6.04 Å². The minimum absolute atomic E-state index is 0.134. The maximum absolute atomic E-state index is 13.3. The molecule has 1 aliphatic rings. The van der Waals surface area contributed by atoms with Gasteiger partial charge in [0.05, 0.1) is 13.2 Å². The highest BCUT2D eigenvalue weighted by atomic mass is 16.5. The monoisotopic (exact) mass is 449 g/mol. The first kappa shape index (κ1) is 22.3. The number of benzene rings is 2. The molecule has 0 bridgehead atoms. The predicted octanol–water partition coefficient (Wildman–Crippen LogP) is 3.90. The number of ether oxygens (including phenoxy) is 1. The predicted molar refractivity (Wildman–Crippen MR) is 122 cm³/mol. The van der Waals surface area contributed by atoms with E-state index in [-0.39, 0.29) is 18.5 Å². The molecular formula is C24H27N5O4. The van der Waals surface area contributed by atoms with Crippen LogP contribution < -0.4 is 10.1 Å². The molecule has 9 nitrogen and oxygen atoms in total.